The van der Waals surface area contributed by atoms with Crippen molar-refractivity contribution < 1.29 is 0 Å². The van der Waals surface area contributed by atoms with Gasteiger partial charge in [-0.15, -0.1) is 24.0 Å². The average molecular weight is 439 g/mol. The largest absolute Gasteiger partial charge is 0.357 e. The normalized spacial score (nSPS) is 17.4. The van der Waals surface area contributed by atoms with Crippen LogP contribution in [0.15, 0.2) is 4.99 Å². The lowest BCUT2D eigenvalue weighted by atomic mass is 10.1. The molecule has 0 unspecified atom stereocenters. The van der Waals surface area contributed by atoms with Gasteiger partial charge in [-0.1, -0.05) is 6.92 Å². The average Bonchev–Trinajstić information content (AvgIpc) is 2.49. The number of likely N-dealkylation sites (N-methyl/N-ethyl adjacent to an activating group) is 1. The van der Waals surface area contributed by atoms with Gasteiger partial charge < -0.3 is 20.4 Å². The quantitative estimate of drug-likeness (QED) is 0.346. The van der Waals surface area contributed by atoms with Gasteiger partial charge in [0.05, 0.1) is 6.54 Å². The predicted octanol–water partition coefficient (Wildman–Crippen LogP) is 2.37. The molecule has 0 aliphatic carbocycles. The van der Waals surface area contributed by atoms with E-state index in [0.29, 0.717) is 12.1 Å². The van der Waals surface area contributed by atoms with E-state index >= 15 is 0 Å². The number of piperidine rings is 1. The minimum atomic E-state index is 0. The third kappa shape index (κ3) is 9.72. The molecule has 0 saturated carbocycles. The minimum Gasteiger partial charge on any atom is -0.357 e. The van der Waals surface area contributed by atoms with Crippen LogP contribution in [-0.4, -0.2) is 74.2 Å². The van der Waals surface area contributed by atoms with Crippen molar-refractivity contribution in [3.8, 4) is 0 Å². The molecule has 1 heterocycles. The summed E-state index contributed by atoms with van der Waals surface area (Å²) in [6, 6.07) is 1.14. The molecule has 1 aliphatic heterocycles. The van der Waals surface area contributed by atoms with E-state index in [9.17, 15) is 0 Å². The topological polar surface area (TPSA) is 42.9 Å². The second-order valence-corrected chi connectivity index (χ2v) is 6.60. The van der Waals surface area contributed by atoms with Crippen molar-refractivity contribution in [1.82, 2.24) is 20.4 Å². The van der Waals surface area contributed by atoms with Crippen molar-refractivity contribution in [3.63, 3.8) is 0 Å². The number of rotatable bonds is 8. The minimum absolute atomic E-state index is 0. The van der Waals surface area contributed by atoms with Gasteiger partial charge in [0.1, 0.15) is 0 Å². The van der Waals surface area contributed by atoms with E-state index in [2.05, 4.69) is 55.2 Å². The van der Waals surface area contributed by atoms with Gasteiger partial charge in [0, 0.05) is 38.3 Å². The Hall–Kier alpha value is -0.0800. The summed E-state index contributed by atoms with van der Waals surface area (Å²) >= 11 is 0. The zero-order valence-corrected chi connectivity index (χ0v) is 18.1. The smallest absolute Gasteiger partial charge is 0.191 e. The first-order valence-corrected chi connectivity index (χ1v) is 9.04. The SMILES string of the molecule is CCCN1CCC(NC(=NCCN(C)C(C)C)NCC)CC1.I. The second-order valence-electron chi connectivity index (χ2n) is 6.60. The Morgan fingerprint density at radius 3 is 2.43 bits per heavy atom. The number of hydrogen-bond acceptors (Lipinski definition) is 3. The monoisotopic (exact) mass is 439 g/mol. The molecule has 23 heavy (non-hydrogen) atoms. The van der Waals surface area contributed by atoms with E-state index in [1.807, 2.05) is 0 Å². The fourth-order valence-electron chi connectivity index (χ4n) is 2.71. The Balaban J connectivity index is 0.00000484. The van der Waals surface area contributed by atoms with E-state index in [4.69, 9.17) is 4.99 Å². The van der Waals surface area contributed by atoms with Gasteiger partial charge in [-0.05, 0) is 53.6 Å². The van der Waals surface area contributed by atoms with Gasteiger partial charge in [-0.25, -0.2) is 0 Å². The summed E-state index contributed by atoms with van der Waals surface area (Å²) in [4.78, 5) is 9.62. The summed E-state index contributed by atoms with van der Waals surface area (Å²) in [5.41, 5.74) is 0. The molecule has 2 N–H and O–H groups in total. The Labute approximate surface area is 160 Å². The molecule has 0 aromatic heterocycles. The highest BCUT2D eigenvalue weighted by atomic mass is 127. The van der Waals surface area contributed by atoms with Crippen molar-refractivity contribution in [2.75, 3.05) is 46.3 Å². The number of likely N-dealkylation sites (tertiary alicyclic amines) is 1. The van der Waals surface area contributed by atoms with Crippen molar-refractivity contribution in [3.05, 3.63) is 0 Å². The highest BCUT2D eigenvalue weighted by Crippen LogP contribution is 2.10. The van der Waals surface area contributed by atoms with Gasteiger partial charge in [0.15, 0.2) is 5.96 Å². The highest BCUT2D eigenvalue weighted by Gasteiger charge is 2.19. The Kier molecular flexibility index (Phi) is 13.2. The van der Waals surface area contributed by atoms with Crippen LogP contribution in [0, 0.1) is 0 Å². The van der Waals surface area contributed by atoms with Gasteiger partial charge >= 0.3 is 0 Å². The van der Waals surface area contributed by atoms with Crippen LogP contribution >= 0.6 is 24.0 Å². The molecule has 0 radical (unpaired) electrons. The van der Waals surface area contributed by atoms with Crippen LogP contribution in [0.5, 0.6) is 0 Å². The van der Waals surface area contributed by atoms with Crippen LogP contribution in [0.2, 0.25) is 0 Å². The lowest BCUT2D eigenvalue weighted by Crippen LogP contribution is -2.49. The van der Waals surface area contributed by atoms with Gasteiger partial charge in [-0.3, -0.25) is 4.99 Å². The van der Waals surface area contributed by atoms with Crippen molar-refractivity contribution >= 4 is 29.9 Å². The van der Waals surface area contributed by atoms with Gasteiger partial charge in [-0.2, -0.15) is 0 Å². The molecule has 1 saturated heterocycles. The van der Waals surface area contributed by atoms with Crippen LogP contribution in [-0.2, 0) is 0 Å². The zero-order chi connectivity index (χ0) is 16.4. The van der Waals surface area contributed by atoms with E-state index in [-0.39, 0.29) is 24.0 Å². The Morgan fingerprint density at radius 2 is 1.91 bits per heavy atom. The number of nitrogens with zero attached hydrogens (tertiary/aromatic N) is 3. The molecule has 1 rings (SSSR count). The van der Waals surface area contributed by atoms with Crippen LogP contribution in [0.25, 0.3) is 0 Å². The fraction of sp³-hybridized carbons (Fsp3) is 0.941. The van der Waals surface area contributed by atoms with E-state index in [0.717, 1.165) is 25.6 Å². The molecular weight excluding hydrogens is 401 g/mol. The van der Waals surface area contributed by atoms with Crippen molar-refractivity contribution in [1.29, 1.82) is 0 Å². The summed E-state index contributed by atoms with van der Waals surface area (Å²) in [6.07, 6.45) is 3.69. The maximum Gasteiger partial charge on any atom is 0.191 e. The molecule has 0 atom stereocenters. The maximum absolute atomic E-state index is 4.72. The van der Waals surface area contributed by atoms with Gasteiger partial charge in [0.25, 0.3) is 0 Å². The summed E-state index contributed by atoms with van der Waals surface area (Å²) in [6.45, 7) is 15.2. The number of hydrogen-bond donors (Lipinski definition) is 2. The van der Waals surface area contributed by atoms with Crippen molar-refractivity contribution in [2.45, 2.75) is 59.0 Å². The molecule has 1 aliphatic rings. The summed E-state index contributed by atoms with van der Waals surface area (Å²) in [5, 5.41) is 6.99. The molecule has 0 aromatic carbocycles. The first-order valence-electron chi connectivity index (χ1n) is 9.04. The van der Waals surface area contributed by atoms with E-state index in [1.54, 1.807) is 0 Å². The Bertz CT molecular complexity index is 314. The summed E-state index contributed by atoms with van der Waals surface area (Å²) in [5.74, 6) is 0.980. The molecule has 0 amide bonds. The van der Waals surface area contributed by atoms with Crippen LogP contribution in [0.4, 0.5) is 0 Å². The summed E-state index contributed by atoms with van der Waals surface area (Å²) < 4.78 is 0. The highest BCUT2D eigenvalue weighted by molar-refractivity contribution is 14.0. The Morgan fingerprint density at radius 1 is 1.26 bits per heavy atom. The lowest BCUT2D eigenvalue weighted by molar-refractivity contribution is 0.206. The molecule has 1 fully saturated rings. The first kappa shape index (κ1) is 22.9. The molecule has 6 heteroatoms. The molecule has 5 nitrogen and oxygen atoms in total. The van der Waals surface area contributed by atoms with Gasteiger partial charge in [0.2, 0.25) is 0 Å². The zero-order valence-electron chi connectivity index (χ0n) is 15.8. The standard InChI is InChI=1S/C17H37N5.HI/c1-6-11-22-12-8-16(9-13-22)20-17(18-7-2)19-10-14-21(5)15(3)4;/h15-16H,6-14H2,1-5H3,(H2,18,19,20);1H. The third-order valence-corrected chi connectivity index (χ3v) is 4.42. The molecule has 0 spiro atoms. The molecule has 0 aromatic rings. The molecular formula is C17H38IN5. The van der Waals surface area contributed by atoms with Crippen LogP contribution in [0.1, 0.15) is 47.0 Å². The van der Waals surface area contributed by atoms with E-state index < -0.39 is 0 Å². The van der Waals surface area contributed by atoms with E-state index in [1.165, 1.54) is 38.9 Å². The fourth-order valence-corrected chi connectivity index (χ4v) is 2.71. The molecule has 0 bridgehead atoms. The number of halogens is 1. The van der Waals surface area contributed by atoms with Crippen molar-refractivity contribution in [2.24, 2.45) is 4.99 Å². The third-order valence-electron chi connectivity index (χ3n) is 4.42. The predicted molar refractivity (Wildman–Crippen MR) is 112 cm³/mol. The summed E-state index contributed by atoms with van der Waals surface area (Å²) in [7, 11) is 2.16. The maximum atomic E-state index is 4.72. The van der Waals surface area contributed by atoms with Crippen LogP contribution < -0.4 is 10.6 Å². The number of aliphatic imine (C=N–C) groups is 1. The second kappa shape index (κ2) is 13.2. The van der Waals surface area contributed by atoms with Crippen LogP contribution in [0.3, 0.4) is 0 Å². The lowest BCUT2D eigenvalue weighted by Gasteiger charge is -2.32. The molecule has 138 valence electrons. The first-order chi connectivity index (χ1) is 10.6. The number of guanidine groups is 1. The number of nitrogens with one attached hydrogen (secondary N) is 2.